The normalized spacial score (nSPS) is 10.7. The molecule has 0 radical (unpaired) electrons. The zero-order valence-electron chi connectivity index (χ0n) is 14.5. The lowest BCUT2D eigenvalue weighted by atomic mass is 9.98. The fourth-order valence-corrected chi connectivity index (χ4v) is 3.12. The fraction of sp³-hybridized carbons (Fsp3) is 0.250. The highest BCUT2D eigenvalue weighted by Gasteiger charge is 2.00. The van der Waals surface area contributed by atoms with Crippen LogP contribution in [0.15, 0.2) is 78.9 Å². The van der Waals surface area contributed by atoms with Crippen LogP contribution < -0.4 is 0 Å². The Morgan fingerprint density at radius 3 is 1.75 bits per heavy atom. The van der Waals surface area contributed by atoms with Crippen LogP contribution in [0.5, 0.6) is 0 Å². The zero-order chi connectivity index (χ0) is 16.6. The molecule has 0 saturated carbocycles. The van der Waals surface area contributed by atoms with Crippen molar-refractivity contribution in [1.82, 2.24) is 0 Å². The number of unbranched alkanes of at least 4 members (excludes halogenated alkanes) is 1. The van der Waals surface area contributed by atoms with Crippen LogP contribution in [0.2, 0.25) is 0 Å². The quantitative estimate of drug-likeness (QED) is 0.486. The third-order valence-electron chi connectivity index (χ3n) is 4.49. The molecule has 0 bridgehead atoms. The maximum Gasteiger partial charge on any atom is -0.00257 e. The number of hydrogen-bond donors (Lipinski definition) is 0. The highest BCUT2D eigenvalue weighted by Crippen LogP contribution is 2.15. The van der Waals surface area contributed by atoms with Crippen molar-refractivity contribution in [2.75, 3.05) is 0 Å². The van der Waals surface area contributed by atoms with Gasteiger partial charge in [0.25, 0.3) is 0 Å². The summed E-state index contributed by atoms with van der Waals surface area (Å²) in [6.07, 6.45) is 5.75. The molecule has 3 aromatic rings. The first-order chi connectivity index (χ1) is 11.8. The molecule has 0 unspecified atom stereocenters. The smallest absolute Gasteiger partial charge is 0.00257 e. The molecular formula is C24H26. The molecule has 0 nitrogen and oxygen atoms in total. The van der Waals surface area contributed by atoms with E-state index >= 15 is 0 Å². The van der Waals surface area contributed by atoms with Gasteiger partial charge in [-0.3, -0.25) is 0 Å². The second-order valence-corrected chi connectivity index (χ2v) is 6.58. The second-order valence-electron chi connectivity index (χ2n) is 6.58. The molecule has 3 aromatic carbocycles. The summed E-state index contributed by atoms with van der Waals surface area (Å²) in [5, 5.41) is 0. The highest BCUT2D eigenvalue weighted by molar-refractivity contribution is 5.33. The topological polar surface area (TPSA) is 0 Å². The number of rotatable bonds is 7. The Bertz CT molecular complexity index is 739. The molecule has 24 heavy (non-hydrogen) atoms. The van der Waals surface area contributed by atoms with Crippen LogP contribution in [0.3, 0.4) is 0 Å². The van der Waals surface area contributed by atoms with Crippen molar-refractivity contribution in [2.24, 2.45) is 0 Å². The Morgan fingerprint density at radius 1 is 0.542 bits per heavy atom. The first-order valence-corrected chi connectivity index (χ1v) is 9.03. The lowest BCUT2D eigenvalue weighted by molar-refractivity contribution is 0.794. The van der Waals surface area contributed by atoms with Crippen LogP contribution in [0.4, 0.5) is 0 Å². The predicted molar refractivity (Wildman–Crippen MR) is 104 cm³/mol. The highest BCUT2D eigenvalue weighted by atomic mass is 14.1. The summed E-state index contributed by atoms with van der Waals surface area (Å²) in [4.78, 5) is 0. The SMILES string of the molecule is CCCCc1cccc(Cc2ccc(Cc3ccccc3)cc2)c1. The molecule has 0 aliphatic carbocycles. The maximum atomic E-state index is 2.37. The summed E-state index contributed by atoms with van der Waals surface area (Å²) in [7, 11) is 0. The summed E-state index contributed by atoms with van der Waals surface area (Å²) in [5.41, 5.74) is 7.02. The van der Waals surface area contributed by atoms with Gasteiger partial charge in [0.15, 0.2) is 0 Å². The molecule has 0 saturated heterocycles. The molecule has 0 heterocycles. The molecule has 0 aliphatic heterocycles. The molecule has 0 spiro atoms. The van der Waals surface area contributed by atoms with E-state index < -0.39 is 0 Å². The summed E-state index contributed by atoms with van der Waals surface area (Å²) in [6, 6.07) is 28.8. The number of benzene rings is 3. The largest absolute Gasteiger partial charge is 0.0654 e. The number of aryl methyl sites for hydroxylation is 1. The molecule has 0 atom stereocenters. The van der Waals surface area contributed by atoms with Crippen LogP contribution >= 0.6 is 0 Å². The minimum atomic E-state index is 1.01. The van der Waals surface area contributed by atoms with Gasteiger partial charge in [-0.2, -0.15) is 0 Å². The third kappa shape index (κ3) is 4.83. The van der Waals surface area contributed by atoms with Crippen molar-refractivity contribution in [2.45, 2.75) is 39.0 Å². The van der Waals surface area contributed by atoms with E-state index in [0.717, 1.165) is 12.8 Å². The molecule has 3 rings (SSSR count). The predicted octanol–water partition coefficient (Wildman–Crippen LogP) is 6.21. The first kappa shape index (κ1) is 16.5. The molecule has 0 heteroatoms. The van der Waals surface area contributed by atoms with Gasteiger partial charge in [0.05, 0.1) is 0 Å². The van der Waals surface area contributed by atoms with Gasteiger partial charge in [-0.1, -0.05) is 92.2 Å². The van der Waals surface area contributed by atoms with E-state index in [1.807, 2.05) is 0 Å². The van der Waals surface area contributed by atoms with Gasteiger partial charge >= 0.3 is 0 Å². The van der Waals surface area contributed by atoms with E-state index in [-0.39, 0.29) is 0 Å². The van der Waals surface area contributed by atoms with Crippen molar-refractivity contribution in [1.29, 1.82) is 0 Å². The second kappa shape index (κ2) is 8.49. The Hall–Kier alpha value is -2.34. The van der Waals surface area contributed by atoms with Crippen molar-refractivity contribution in [3.63, 3.8) is 0 Å². The van der Waals surface area contributed by atoms with Crippen molar-refractivity contribution < 1.29 is 0 Å². The van der Waals surface area contributed by atoms with Crippen LogP contribution in [0.25, 0.3) is 0 Å². The molecule has 0 amide bonds. The van der Waals surface area contributed by atoms with E-state index in [9.17, 15) is 0 Å². The van der Waals surface area contributed by atoms with Crippen molar-refractivity contribution in [3.05, 3.63) is 107 Å². The van der Waals surface area contributed by atoms with E-state index in [4.69, 9.17) is 0 Å². The van der Waals surface area contributed by atoms with Gasteiger partial charge in [0, 0.05) is 0 Å². The summed E-state index contributed by atoms with van der Waals surface area (Å²) >= 11 is 0. The molecular weight excluding hydrogens is 288 g/mol. The maximum absolute atomic E-state index is 2.37. The monoisotopic (exact) mass is 314 g/mol. The Kier molecular flexibility index (Phi) is 5.85. The van der Waals surface area contributed by atoms with Gasteiger partial charge in [0.2, 0.25) is 0 Å². The summed E-state index contributed by atoms with van der Waals surface area (Å²) in [5.74, 6) is 0. The fourth-order valence-electron chi connectivity index (χ4n) is 3.12. The van der Waals surface area contributed by atoms with Crippen LogP contribution in [0, 0.1) is 0 Å². The Labute approximate surface area is 146 Å². The van der Waals surface area contributed by atoms with Gasteiger partial charge in [-0.15, -0.1) is 0 Å². The van der Waals surface area contributed by atoms with Gasteiger partial charge in [-0.05, 0) is 53.5 Å². The summed E-state index contributed by atoms with van der Waals surface area (Å²) in [6.45, 7) is 2.25. The Balaban J connectivity index is 1.64. The van der Waals surface area contributed by atoms with Gasteiger partial charge < -0.3 is 0 Å². The first-order valence-electron chi connectivity index (χ1n) is 9.03. The lowest BCUT2D eigenvalue weighted by Crippen LogP contribution is -1.93. The molecule has 122 valence electrons. The standard InChI is InChI=1S/C24H26/c1-2-3-8-20-11-7-12-24(18-20)19-23-15-13-22(14-16-23)17-21-9-5-4-6-10-21/h4-7,9-16,18H,2-3,8,17,19H2,1H3. The zero-order valence-corrected chi connectivity index (χ0v) is 14.5. The third-order valence-corrected chi connectivity index (χ3v) is 4.49. The van der Waals surface area contributed by atoms with Gasteiger partial charge in [0.1, 0.15) is 0 Å². The summed E-state index contributed by atoms with van der Waals surface area (Å²) < 4.78 is 0. The average Bonchev–Trinajstić information content (AvgIpc) is 2.63. The van der Waals surface area contributed by atoms with E-state index in [1.165, 1.54) is 47.1 Å². The van der Waals surface area contributed by atoms with E-state index in [0.29, 0.717) is 0 Å². The average molecular weight is 314 g/mol. The molecule has 0 aliphatic rings. The van der Waals surface area contributed by atoms with Crippen molar-refractivity contribution >= 4 is 0 Å². The van der Waals surface area contributed by atoms with Crippen LogP contribution in [-0.4, -0.2) is 0 Å². The Morgan fingerprint density at radius 2 is 1.08 bits per heavy atom. The van der Waals surface area contributed by atoms with E-state index in [1.54, 1.807) is 0 Å². The molecule has 0 N–H and O–H groups in total. The van der Waals surface area contributed by atoms with Gasteiger partial charge in [-0.25, -0.2) is 0 Å². The minimum absolute atomic E-state index is 1.01. The van der Waals surface area contributed by atoms with Crippen molar-refractivity contribution in [3.8, 4) is 0 Å². The minimum Gasteiger partial charge on any atom is -0.0654 e. The lowest BCUT2D eigenvalue weighted by Gasteiger charge is -2.07. The van der Waals surface area contributed by atoms with E-state index in [2.05, 4.69) is 85.8 Å². The molecule has 0 fully saturated rings. The number of hydrogen-bond acceptors (Lipinski definition) is 0. The molecule has 0 aromatic heterocycles. The van der Waals surface area contributed by atoms with Crippen LogP contribution in [-0.2, 0) is 19.3 Å². The van der Waals surface area contributed by atoms with Crippen LogP contribution in [0.1, 0.15) is 47.6 Å².